The summed E-state index contributed by atoms with van der Waals surface area (Å²) in [5, 5.41) is 0. The van der Waals surface area contributed by atoms with Crippen molar-refractivity contribution in [2.75, 3.05) is 37.5 Å². The molecule has 140 valence electrons. The Hall–Kier alpha value is -2.13. The molecule has 1 saturated heterocycles. The molecule has 2 heterocycles. The lowest BCUT2D eigenvalue weighted by atomic mass is 10.0. The molecule has 0 atom stereocenters. The summed E-state index contributed by atoms with van der Waals surface area (Å²) in [6.07, 6.45) is -2.69. The topological polar surface area (TPSA) is 59.5 Å². The van der Waals surface area contributed by atoms with Gasteiger partial charge in [-0.1, -0.05) is 12.1 Å². The number of halogens is 3. The van der Waals surface area contributed by atoms with Gasteiger partial charge in [0.05, 0.1) is 23.7 Å². The van der Waals surface area contributed by atoms with Gasteiger partial charge in [0, 0.05) is 31.1 Å². The van der Waals surface area contributed by atoms with Gasteiger partial charge in [0.1, 0.15) is 5.82 Å². The number of anilines is 1. The van der Waals surface area contributed by atoms with Gasteiger partial charge in [-0.3, -0.25) is 0 Å². The molecule has 0 bridgehead atoms. The highest BCUT2D eigenvalue weighted by Crippen LogP contribution is 2.36. The Morgan fingerprint density at radius 3 is 2.46 bits per heavy atom. The van der Waals surface area contributed by atoms with E-state index in [1.165, 1.54) is 18.2 Å². The van der Waals surface area contributed by atoms with Gasteiger partial charge in [-0.15, -0.1) is 0 Å². The molecule has 1 aliphatic rings. The second-order valence-corrected chi connectivity index (χ2v) is 8.01. The Balaban J connectivity index is 2.16. The molecule has 0 N–H and O–H groups in total. The van der Waals surface area contributed by atoms with E-state index in [9.17, 15) is 21.6 Å². The van der Waals surface area contributed by atoms with Gasteiger partial charge >= 0.3 is 6.18 Å². The van der Waals surface area contributed by atoms with Gasteiger partial charge in [-0.05, 0) is 23.8 Å². The molecule has 0 saturated carbocycles. The number of alkyl halides is 3. The lowest BCUT2D eigenvalue weighted by Crippen LogP contribution is -2.37. The van der Waals surface area contributed by atoms with Crippen LogP contribution >= 0.6 is 0 Å². The van der Waals surface area contributed by atoms with Crippen molar-refractivity contribution in [2.24, 2.45) is 0 Å². The Morgan fingerprint density at radius 1 is 1.15 bits per heavy atom. The van der Waals surface area contributed by atoms with E-state index in [1.807, 2.05) is 4.90 Å². The fourth-order valence-electron chi connectivity index (χ4n) is 2.75. The number of hydrogen-bond acceptors (Lipinski definition) is 5. The number of sulfone groups is 1. The Labute approximate surface area is 149 Å². The molecule has 1 aromatic heterocycles. The quantitative estimate of drug-likeness (QED) is 0.812. The highest BCUT2D eigenvalue weighted by molar-refractivity contribution is 7.90. The average Bonchev–Trinajstić information content (AvgIpc) is 2.60. The van der Waals surface area contributed by atoms with Crippen LogP contribution in [0.15, 0.2) is 41.4 Å². The molecule has 0 radical (unpaired) electrons. The van der Waals surface area contributed by atoms with Crippen LogP contribution in [0.25, 0.3) is 11.1 Å². The van der Waals surface area contributed by atoms with Crippen LogP contribution in [0.1, 0.15) is 5.56 Å². The smallest absolute Gasteiger partial charge is 0.378 e. The maximum atomic E-state index is 13.2. The van der Waals surface area contributed by atoms with Crippen molar-refractivity contribution in [3.63, 3.8) is 0 Å². The predicted molar refractivity (Wildman–Crippen MR) is 90.8 cm³/mol. The van der Waals surface area contributed by atoms with Crippen LogP contribution in [-0.2, 0) is 20.8 Å². The second kappa shape index (κ2) is 6.88. The van der Waals surface area contributed by atoms with Crippen molar-refractivity contribution in [3.05, 3.63) is 42.1 Å². The van der Waals surface area contributed by atoms with Crippen LogP contribution in [-0.4, -0.2) is 46.0 Å². The third kappa shape index (κ3) is 3.99. The van der Waals surface area contributed by atoms with Crippen LogP contribution in [0.3, 0.4) is 0 Å². The average molecular weight is 386 g/mol. The fourth-order valence-corrected chi connectivity index (χ4v) is 3.41. The van der Waals surface area contributed by atoms with Crippen molar-refractivity contribution in [1.82, 2.24) is 4.98 Å². The molecule has 0 unspecified atom stereocenters. The molecule has 26 heavy (non-hydrogen) atoms. The third-order valence-corrected chi connectivity index (χ3v) is 5.19. The van der Waals surface area contributed by atoms with Gasteiger partial charge in [-0.25, -0.2) is 13.4 Å². The number of aromatic nitrogens is 1. The predicted octanol–water partition coefficient (Wildman–Crippen LogP) is 3.01. The SMILES string of the molecule is CS(=O)(=O)c1cccc(-c2cc(C(F)(F)F)cnc2N2CCOCC2)c1. The number of nitrogens with zero attached hydrogens (tertiary/aromatic N) is 2. The van der Waals surface area contributed by atoms with Gasteiger partial charge in [0.25, 0.3) is 0 Å². The minimum Gasteiger partial charge on any atom is -0.378 e. The molecular weight excluding hydrogens is 369 g/mol. The molecule has 2 aromatic rings. The summed E-state index contributed by atoms with van der Waals surface area (Å²) >= 11 is 0. The van der Waals surface area contributed by atoms with Gasteiger partial charge in [0.15, 0.2) is 9.84 Å². The van der Waals surface area contributed by atoms with Crippen LogP contribution in [0.5, 0.6) is 0 Å². The Morgan fingerprint density at radius 2 is 1.85 bits per heavy atom. The third-order valence-electron chi connectivity index (χ3n) is 4.08. The standard InChI is InChI=1S/C17H17F3N2O3S/c1-26(23,24)14-4-2-3-12(9-14)15-10-13(17(18,19)20)11-21-16(15)22-5-7-25-8-6-22/h2-4,9-11H,5-8H2,1H3. The van der Waals surface area contributed by atoms with E-state index in [-0.39, 0.29) is 10.5 Å². The Bertz CT molecular complexity index is 908. The number of hydrogen-bond donors (Lipinski definition) is 0. The van der Waals surface area contributed by atoms with Gasteiger partial charge < -0.3 is 9.64 Å². The normalized spacial score (nSPS) is 15.9. The van der Waals surface area contributed by atoms with Crippen LogP contribution in [0, 0.1) is 0 Å². The zero-order valence-electron chi connectivity index (χ0n) is 14.0. The lowest BCUT2D eigenvalue weighted by molar-refractivity contribution is -0.137. The molecule has 0 amide bonds. The largest absolute Gasteiger partial charge is 0.417 e. The first-order valence-electron chi connectivity index (χ1n) is 7.87. The minimum atomic E-state index is -4.54. The molecule has 1 aromatic carbocycles. The highest BCUT2D eigenvalue weighted by Gasteiger charge is 2.32. The van der Waals surface area contributed by atoms with Crippen molar-refractivity contribution >= 4 is 15.7 Å². The summed E-state index contributed by atoms with van der Waals surface area (Å²) in [5.74, 6) is 0.381. The van der Waals surface area contributed by atoms with E-state index in [0.29, 0.717) is 37.7 Å². The summed E-state index contributed by atoms with van der Waals surface area (Å²) in [5.41, 5.74) is -0.269. The Kier molecular flexibility index (Phi) is 4.94. The number of rotatable bonds is 3. The molecule has 0 aliphatic carbocycles. The summed E-state index contributed by atoms with van der Waals surface area (Å²) in [7, 11) is -3.49. The maximum absolute atomic E-state index is 13.2. The van der Waals surface area contributed by atoms with Crippen molar-refractivity contribution in [2.45, 2.75) is 11.1 Å². The van der Waals surface area contributed by atoms with E-state index in [0.717, 1.165) is 18.5 Å². The zero-order chi connectivity index (χ0) is 18.9. The number of ether oxygens (including phenoxy) is 1. The van der Waals surface area contributed by atoms with Crippen molar-refractivity contribution < 1.29 is 26.3 Å². The first-order chi connectivity index (χ1) is 12.2. The summed E-state index contributed by atoms with van der Waals surface area (Å²) in [6.45, 7) is 1.89. The molecule has 3 rings (SSSR count). The fraction of sp³-hybridized carbons (Fsp3) is 0.353. The van der Waals surface area contributed by atoms with E-state index in [4.69, 9.17) is 4.74 Å². The number of benzene rings is 1. The molecule has 9 heteroatoms. The maximum Gasteiger partial charge on any atom is 0.417 e. The van der Waals surface area contributed by atoms with Crippen LogP contribution in [0.4, 0.5) is 19.0 Å². The number of pyridine rings is 1. The van der Waals surface area contributed by atoms with Crippen LogP contribution in [0.2, 0.25) is 0 Å². The van der Waals surface area contributed by atoms with Gasteiger partial charge in [0.2, 0.25) is 0 Å². The molecule has 5 nitrogen and oxygen atoms in total. The lowest BCUT2D eigenvalue weighted by Gasteiger charge is -2.30. The molecule has 1 aliphatic heterocycles. The molecular formula is C17H17F3N2O3S. The molecule has 0 spiro atoms. The molecule has 1 fully saturated rings. The summed E-state index contributed by atoms with van der Waals surface area (Å²) < 4.78 is 68.4. The monoisotopic (exact) mass is 386 g/mol. The van der Waals surface area contributed by atoms with E-state index in [2.05, 4.69) is 4.98 Å². The number of morpholine rings is 1. The van der Waals surface area contributed by atoms with E-state index < -0.39 is 21.6 Å². The van der Waals surface area contributed by atoms with E-state index >= 15 is 0 Å². The summed E-state index contributed by atoms with van der Waals surface area (Å²) in [4.78, 5) is 5.92. The summed E-state index contributed by atoms with van der Waals surface area (Å²) in [6, 6.07) is 6.88. The van der Waals surface area contributed by atoms with Crippen LogP contribution < -0.4 is 4.90 Å². The van der Waals surface area contributed by atoms with Crippen molar-refractivity contribution in [1.29, 1.82) is 0 Å². The minimum absolute atomic E-state index is 0.0420. The zero-order valence-corrected chi connectivity index (χ0v) is 14.8. The first-order valence-corrected chi connectivity index (χ1v) is 9.76. The highest BCUT2D eigenvalue weighted by atomic mass is 32.2. The van der Waals surface area contributed by atoms with Gasteiger partial charge in [-0.2, -0.15) is 13.2 Å². The first kappa shape index (κ1) is 18.7. The van der Waals surface area contributed by atoms with E-state index in [1.54, 1.807) is 6.07 Å². The second-order valence-electron chi connectivity index (χ2n) is 5.99. The van der Waals surface area contributed by atoms with Crippen molar-refractivity contribution in [3.8, 4) is 11.1 Å².